The van der Waals surface area contributed by atoms with Crippen LogP contribution in [0, 0.1) is 6.92 Å². The summed E-state index contributed by atoms with van der Waals surface area (Å²) in [6.45, 7) is 9.40. The molecule has 0 saturated carbocycles. The summed E-state index contributed by atoms with van der Waals surface area (Å²) in [4.78, 5) is 27.3. The predicted octanol–water partition coefficient (Wildman–Crippen LogP) is 1.38. The van der Waals surface area contributed by atoms with Gasteiger partial charge in [0.2, 0.25) is 5.43 Å². The van der Waals surface area contributed by atoms with E-state index in [0.29, 0.717) is 25.5 Å². The molecule has 0 unspecified atom stereocenters. The van der Waals surface area contributed by atoms with Gasteiger partial charge in [0.15, 0.2) is 5.69 Å². The highest BCUT2D eigenvalue weighted by atomic mass is 16.5. The fourth-order valence-corrected chi connectivity index (χ4v) is 3.20. The third kappa shape index (κ3) is 4.43. The molecule has 1 amide bonds. The summed E-state index contributed by atoms with van der Waals surface area (Å²) in [5.74, 6) is -0.453. The van der Waals surface area contributed by atoms with Crippen LogP contribution in [-0.2, 0) is 4.74 Å². The van der Waals surface area contributed by atoms with E-state index in [2.05, 4.69) is 29.2 Å². The number of aromatic nitrogens is 2. The number of ether oxygens (including phenoxy) is 1. The van der Waals surface area contributed by atoms with E-state index in [1.807, 2.05) is 30.3 Å². The van der Waals surface area contributed by atoms with Crippen molar-refractivity contribution in [2.45, 2.75) is 26.3 Å². The van der Waals surface area contributed by atoms with Gasteiger partial charge in [-0.05, 0) is 32.9 Å². The Labute approximate surface area is 158 Å². The molecule has 3 rings (SSSR count). The van der Waals surface area contributed by atoms with Crippen molar-refractivity contribution in [3.63, 3.8) is 0 Å². The minimum Gasteiger partial charge on any atom is -0.379 e. The third-order valence-electron chi connectivity index (χ3n) is 4.87. The maximum absolute atomic E-state index is 12.7. The number of para-hydroxylation sites is 1. The molecule has 1 fully saturated rings. The molecule has 0 spiro atoms. The van der Waals surface area contributed by atoms with Gasteiger partial charge in [0.05, 0.1) is 18.9 Å². The Bertz CT molecular complexity index is 855. The van der Waals surface area contributed by atoms with E-state index < -0.39 is 5.91 Å². The number of morpholine rings is 1. The number of carbonyl (C=O) groups is 1. The Balaban J connectivity index is 1.77. The zero-order valence-corrected chi connectivity index (χ0v) is 16.1. The SMILES string of the molecule is Cc1cc(=O)c(C(=O)NCC(C)(C)N2CCOCC2)nn1-c1ccccc1. The fourth-order valence-electron chi connectivity index (χ4n) is 3.20. The summed E-state index contributed by atoms with van der Waals surface area (Å²) in [7, 11) is 0. The van der Waals surface area contributed by atoms with Gasteiger partial charge in [0.1, 0.15) is 0 Å². The molecular weight excluding hydrogens is 344 g/mol. The zero-order valence-electron chi connectivity index (χ0n) is 16.1. The Morgan fingerprint density at radius 2 is 1.89 bits per heavy atom. The highest BCUT2D eigenvalue weighted by molar-refractivity contribution is 5.92. The highest BCUT2D eigenvalue weighted by Gasteiger charge is 2.29. The first-order valence-electron chi connectivity index (χ1n) is 9.16. The summed E-state index contributed by atoms with van der Waals surface area (Å²) in [6, 6.07) is 10.9. The molecule has 7 nitrogen and oxygen atoms in total. The first kappa shape index (κ1) is 19.3. The Hall–Kier alpha value is -2.51. The van der Waals surface area contributed by atoms with Gasteiger partial charge >= 0.3 is 0 Å². The van der Waals surface area contributed by atoms with Crippen LogP contribution in [0.1, 0.15) is 30.0 Å². The molecule has 0 radical (unpaired) electrons. The van der Waals surface area contributed by atoms with Crippen LogP contribution < -0.4 is 10.7 Å². The van der Waals surface area contributed by atoms with Crippen LogP contribution in [0.15, 0.2) is 41.2 Å². The lowest BCUT2D eigenvalue weighted by molar-refractivity contribution is -0.00925. The minimum absolute atomic E-state index is 0.0952. The van der Waals surface area contributed by atoms with Gasteiger partial charge in [-0.3, -0.25) is 14.5 Å². The van der Waals surface area contributed by atoms with Gasteiger partial charge in [-0.15, -0.1) is 0 Å². The van der Waals surface area contributed by atoms with Gasteiger partial charge in [-0.1, -0.05) is 18.2 Å². The van der Waals surface area contributed by atoms with Gasteiger partial charge in [-0.2, -0.15) is 5.10 Å². The monoisotopic (exact) mass is 370 g/mol. The quantitative estimate of drug-likeness (QED) is 0.861. The predicted molar refractivity (Wildman–Crippen MR) is 103 cm³/mol. The van der Waals surface area contributed by atoms with E-state index in [-0.39, 0.29) is 16.7 Å². The minimum atomic E-state index is -0.453. The largest absolute Gasteiger partial charge is 0.379 e. The standard InChI is InChI=1S/C20H26N4O3/c1-15-13-17(25)18(22-24(15)16-7-5-4-6-8-16)19(26)21-14-20(2,3)23-9-11-27-12-10-23/h4-8,13H,9-12,14H2,1-3H3,(H,21,26). The smallest absolute Gasteiger partial charge is 0.275 e. The third-order valence-corrected chi connectivity index (χ3v) is 4.87. The van der Waals surface area contributed by atoms with Crippen LogP contribution in [0.25, 0.3) is 5.69 Å². The molecule has 2 heterocycles. The molecule has 1 aromatic carbocycles. The normalized spacial score (nSPS) is 15.5. The van der Waals surface area contributed by atoms with Crippen LogP contribution in [0.4, 0.5) is 0 Å². The van der Waals surface area contributed by atoms with Crippen LogP contribution >= 0.6 is 0 Å². The zero-order chi connectivity index (χ0) is 19.4. The van der Waals surface area contributed by atoms with Crippen LogP contribution in [0.3, 0.4) is 0 Å². The maximum Gasteiger partial charge on any atom is 0.275 e. The van der Waals surface area contributed by atoms with E-state index in [1.165, 1.54) is 6.07 Å². The van der Waals surface area contributed by atoms with E-state index in [1.54, 1.807) is 11.6 Å². The summed E-state index contributed by atoms with van der Waals surface area (Å²) in [5.41, 5.74) is 0.778. The summed E-state index contributed by atoms with van der Waals surface area (Å²) >= 11 is 0. The van der Waals surface area contributed by atoms with Crippen LogP contribution in [0.5, 0.6) is 0 Å². The average Bonchev–Trinajstić information content (AvgIpc) is 2.68. The number of amides is 1. The molecule has 1 aliphatic rings. The summed E-state index contributed by atoms with van der Waals surface area (Å²) in [5, 5.41) is 7.19. The van der Waals surface area contributed by atoms with Crippen molar-refractivity contribution in [3.05, 3.63) is 58.0 Å². The molecule has 1 aromatic heterocycles. The second-order valence-corrected chi connectivity index (χ2v) is 7.34. The molecule has 0 atom stereocenters. The van der Waals surface area contributed by atoms with Crippen molar-refractivity contribution >= 4 is 5.91 Å². The number of nitrogens with zero attached hydrogens (tertiary/aromatic N) is 3. The first-order chi connectivity index (χ1) is 12.9. The Morgan fingerprint density at radius 3 is 2.56 bits per heavy atom. The van der Waals surface area contributed by atoms with Gasteiger partial charge in [0.25, 0.3) is 5.91 Å². The molecule has 0 bridgehead atoms. The van der Waals surface area contributed by atoms with Gasteiger partial charge in [-0.25, -0.2) is 4.68 Å². The molecule has 1 saturated heterocycles. The van der Waals surface area contributed by atoms with E-state index in [9.17, 15) is 9.59 Å². The fraction of sp³-hybridized carbons (Fsp3) is 0.450. The molecule has 144 valence electrons. The number of rotatable bonds is 5. The van der Waals surface area contributed by atoms with E-state index in [0.717, 1.165) is 18.8 Å². The average molecular weight is 370 g/mol. The van der Waals surface area contributed by atoms with E-state index >= 15 is 0 Å². The number of benzene rings is 1. The highest BCUT2D eigenvalue weighted by Crippen LogP contribution is 2.15. The second-order valence-electron chi connectivity index (χ2n) is 7.34. The molecule has 7 heteroatoms. The lowest BCUT2D eigenvalue weighted by atomic mass is 10.0. The maximum atomic E-state index is 12.7. The number of aryl methyl sites for hydroxylation is 1. The summed E-state index contributed by atoms with van der Waals surface area (Å²) in [6.07, 6.45) is 0. The molecule has 2 aromatic rings. The van der Waals surface area contributed by atoms with Crippen molar-refractivity contribution in [1.82, 2.24) is 20.0 Å². The second kappa shape index (κ2) is 8.02. The van der Waals surface area contributed by atoms with E-state index in [4.69, 9.17) is 4.74 Å². The Morgan fingerprint density at radius 1 is 1.22 bits per heavy atom. The lowest BCUT2D eigenvalue weighted by Gasteiger charge is -2.40. The molecule has 1 N–H and O–H groups in total. The number of carbonyl (C=O) groups excluding carboxylic acids is 1. The van der Waals surface area contributed by atoms with Gasteiger partial charge < -0.3 is 10.1 Å². The first-order valence-corrected chi connectivity index (χ1v) is 9.16. The lowest BCUT2D eigenvalue weighted by Crippen LogP contribution is -2.55. The van der Waals surface area contributed by atoms with Crippen molar-refractivity contribution < 1.29 is 9.53 Å². The topological polar surface area (TPSA) is 76.5 Å². The van der Waals surface area contributed by atoms with Gasteiger partial charge in [0, 0.05) is 36.9 Å². The van der Waals surface area contributed by atoms with Crippen molar-refractivity contribution in [2.24, 2.45) is 0 Å². The van der Waals surface area contributed by atoms with Crippen molar-refractivity contribution in [1.29, 1.82) is 0 Å². The molecule has 27 heavy (non-hydrogen) atoms. The Kier molecular flexibility index (Phi) is 5.72. The number of hydrogen-bond donors (Lipinski definition) is 1. The summed E-state index contributed by atoms with van der Waals surface area (Å²) < 4.78 is 7.00. The van der Waals surface area contributed by atoms with Crippen molar-refractivity contribution in [3.8, 4) is 5.69 Å². The number of hydrogen-bond acceptors (Lipinski definition) is 5. The van der Waals surface area contributed by atoms with Crippen molar-refractivity contribution in [2.75, 3.05) is 32.8 Å². The number of nitrogens with one attached hydrogen (secondary N) is 1. The van der Waals surface area contributed by atoms with Crippen LogP contribution in [-0.4, -0.2) is 59.0 Å². The van der Waals surface area contributed by atoms with Crippen LogP contribution in [0.2, 0.25) is 0 Å². The molecular formula is C20H26N4O3. The molecule has 1 aliphatic heterocycles. The molecule has 0 aliphatic carbocycles.